The van der Waals surface area contributed by atoms with E-state index >= 15 is 0 Å². The van der Waals surface area contributed by atoms with E-state index in [9.17, 15) is 10.1 Å². The molecule has 3 aromatic rings. The van der Waals surface area contributed by atoms with Gasteiger partial charge >= 0.3 is 0 Å². The van der Waals surface area contributed by atoms with Gasteiger partial charge in [0.15, 0.2) is 5.11 Å². The van der Waals surface area contributed by atoms with Crippen LogP contribution in [0, 0.1) is 10.1 Å². The normalized spacial score (nSPS) is 18.4. The number of rotatable bonds is 7. The molecule has 1 N–H and O–H groups in total. The highest BCUT2D eigenvalue weighted by atomic mass is 32.1. The molecule has 1 aromatic carbocycles. The van der Waals surface area contributed by atoms with Crippen LogP contribution in [0.25, 0.3) is 5.69 Å². The maximum absolute atomic E-state index is 11.0. The fourth-order valence-corrected chi connectivity index (χ4v) is 4.23. The van der Waals surface area contributed by atoms with E-state index in [1.54, 1.807) is 18.3 Å². The first-order valence-electron chi connectivity index (χ1n) is 10.00. The number of pyridine rings is 1. The zero-order chi connectivity index (χ0) is 21.1. The number of non-ortho nitro benzene ring substituents is 1. The first-order valence-corrected chi connectivity index (χ1v) is 10.4. The molecule has 0 amide bonds. The van der Waals surface area contributed by atoms with E-state index in [1.807, 2.05) is 30.5 Å². The Labute approximate surface area is 180 Å². The number of aromatic nitrogens is 2. The van der Waals surface area contributed by atoms with Crippen LogP contribution in [-0.2, 0) is 0 Å². The van der Waals surface area contributed by atoms with Gasteiger partial charge in [0.25, 0.3) is 5.69 Å². The van der Waals surface area contributed by atoms with Crippen molar-refractivity contribution in [3.05, 3.63) is 88.5 Å². The molecule has 1 fully saturated rings. The van der Waals surface area contributed by atoms with Gasteiger partial charge in [0, 0.05) is 42.5 Å². The minimum absolute atomic E-state index is 0.0378. The monoisotopic (exact) mass is 421 g/mol. The number of hydrogen-bond donors (Lipinski definition) is 1. The van der Waals surface area contributed by atoms with Gasteiger partial charge < -0.3 is 14.8 Å². The molecule has 1 aliphatic rings. The summed E-state index contributed by atoms with van der Waals surface area (Å²) in [4.78, 5) is 17.4. The van der Waals surface area contributed by atoms with E-state index in [-0.39, 0.29) is 22.7 Å². The van der Waals surface area contributed by atoms with Crippen LogP contribution in [0.15, 0.2) is 67.0 Å². The fourth-order valence-electron chi connectivity index (χ4n) is 3.90. The van der Waals surface area contributed by atoms with Gasteiger partial charge in [-0.3, -0.25) is 15.1 Å². The molecular formula is C22H23N5O2S. The van der Waals surface area contributed by atoms with E-state index in [0.717, 1.165) is 41.6 Å². The topological polar surface area (TPSA) is 76.2 Å². The second-order valence-electron chi connectivity index (χ2n) is 7.25. The van der Waals surface area contributed by atoms with Crippen LogP contribution in [-0.4, -0.2) is 31.0 Å². The molecule has 154 valence electrons. The first kappa shape index (κ1) is 20.0. The van der Waals surface area contributed by atoms with E-state index < -0.39 is 0 Å². The third-order valence-corrected chi connectivity index (χ3v) is 5.72. The van der Waals surface area contributed by atoms with Crippen molar-refractivity contribution in [3.63, 3.8) is 0 Å². The second kappa shape index (κ2) is 8.62. The molecule has 0 spiro atoms. The highest BCUT2D eigenvalue weighted by Gasteiger charge is 2.40. The fraction of sp³-hybridized carbons (Fsp3) is 0.273. The molecule has 0 aliphatic carbocycles. The summed E-state index contributed by atoms with van der Waals surface area (Å²) in [5, 5.41) is 15.2. The summed E-state index contributed by atoms with van der Waals surface area (Å²) in [5.41, 5.74) is 2.93. The third-order valence-electron chi connectivity index (χ3n) is 5.37. The Morgan fingerprint density at radius 3 is 2.63 bits per heavy atom. The average molecular weight is 422 g/mol. The van der Waals surface area contributed by atoms with Crippen molar-refractivity contribution in [2.24, 2.45) is 0 Å². The van der Waals surface area contributed by atoms with Crippen molar-refractivity contribution in [1.29, 1.82) is 0 Å². The third kappa shape index (κ3) is 3.78. The van der Waals surface area contributed by atoms with Crippen molar-refractivity contribution < 1.29 is 4.92 Å². The van der Waals surface area contributed by atoms with E-state index in [2.05, 4.69) is 32.8 Å². The van der Waals surface area contributed by atoms with E-state index in [4.69, 9.17) is 12.2 Å². The zero-order valence-electron chi connectivity index (χ0n) is 16.6. The lowest BCUT2D eigenvalue weighted by molar-refractivity contribution is -0.384. The molecular weight excluding hydrogens is 398 g/mol. The van der Waals surface area contributed by atoms with Gasteiger partial charge in [-0.1, -0.05) is 19.4 Å². The van der Waals surface area contributed by atoms with Crippen LogP contribution in [0.4, 0.5) is 5.69 Å². The van der Waals surface area contributed by atoms with Crippen molar-refractivity contribution in [2.45, 2.75) is 31.8 Å². The summed E-state index contributed by atoms with van der Waals surface area (Å²) in [7, 11) is 0. The average Bonchev–Trinajstić information content (AvgIpc) is 3.37. The molecule has 30 heavy (non-hydrogen) atoms. The molecule has 0 bridgehead atoms. The Morgan fingerprint density at radius 1 is 1.17 bits per heavy atom. The van der Waals surface area contributed by atoms with Crippen LogP contribution in [0.1, 0.15) is 43.2 Å². The van der Waals surface area contributed by atoms with Gasteiger partial charge in [0.2, 0.25) is 0 Å². The van der Waals surface area contributed by atoms with Crippen LogP contribution >= 0.6 is 12.2 Å². The maximum atomic E-state index is 11.0. The molecule has 1 saturated heterocycles. The summed E-state index contributed by atoms with van der Waals surface area (Å²) in [6.07, 6.45) is 5.88. The molecule has 2 aromatic heterocycles. The highest BCUT2D eigenvalue weighted by molar-refractivity contribution is 7.80. The largest absolute Gasteiger partial charge is 0.352 e. The lowest BCUT2D eigenvalue weighted by Crippen LogP contribution is -2.31. The summed E-state index contributed by atoms with van der Waals surface area (Å²) in [5.74, 6) is 0. The molecule has 0 unspecified atom stereocenters. The van der Waals surface area contributed by atoms with Crippen LogP contribution in [0.5, 0.6) is 0 Å². The Bertz CT molecular complexity index is 1040. The number of hydrogen-bond acceptors (Lipinski definition) is 4. The molecule has 4 rings (SSSR count). The SMILES string of the molecule is CCCCN1C(=S)N[C@H](c2ccccn2)[C@H]1c1cccn1-c1ccc([N+](=O)[O-])cc1. The first-order chi connectivity index (χ1) is 14.6. The predicted molar refractivity (Wildman–Crippen MR) is 119 cm³/mol. The van der Waals surface area contributed by atoms with Gasteiger partial charge in [0.1, 0.15) is 0 Å². The number of benzene rings is 1. The van der Waals surface area contributed by atoms with Gasteiger partial charge in [-0.05, 0) is 55.0 Å². The van der Waals surface area contributed by atoms with Gasteiger partial charge in [-0.25, -0.2) is 0 Å². The lowest BCUT2D eigenvalue weighted by atomic mass is 10.0. The quantitative estimate of drug-likeness (QED) is 0.343. The maximum Gasteiger partial charge on any atom is 0.269 e. The van der Waals surface area contributed by atoms with Gasteiger partial charge in [0.05, 0.1) is 22.7 Å². The van der Waals surface area contributed by atoms with Crippen molar-refractivity contribution in [2.75, 3.05) is 6.54 Å². The Morgan fingerprint density at radius 2 is 1.97 bits per heavy atom. The highest BCUT2D eigenvalue weighted by Crippen LogP contribution is 2.39. The van der Waals surface area contributed by atoms with Gasteiger partial charge in [-0.2, -0.15) is 0 Å². The summed E-state index contributed by atoms with van der Waals surface area (Å²) in [6, 6.07) is 16.4. The molecule has 2 atom stereocenters. The summed E-state index contributed by atoms with van der Waals surface area (Å²) in [6.45, 7) is 3.01. The lowest BCUT2D eigenvalue weighted by Gasteiger charge is -2.29. The number of nitro groups is 1. The van der Waals surface area contributed by atoms with Crippen molar-refractivity contribution in [1.82, 2.24) is 19.8 Å². The van der Waals surface area contributed by atoms with Crippen LogP contribution < -0.4 is 5.32 Å². The zero-order valence-corrected chi connectivity index (χ0v) is 17.5. The molecule has 3 heterocycles. The molecule has 1 aliphatic heterocycles. The van der Waals surface area contributed by atoms with Crippen molar-refractivity contribution in [3.8, 4) is 5.69 Å². The predicted octanol–water partition coefficient (Wildman–Crippen LogP) is 4.55. The summed E-state index contributed by atoms with van der Waals surface area (Å²) >= 11 is 5.69. The number of nitrogens with zero attached hydrogens (tertiary/aromatic N) is 4. The van der Waals surface area contributed by atoms with Gasteiger partial charge in [-0.15, -0.1) is 0 Å². The Kier molecular flexibility index (Phi) is 5.76. The number of thiocarbonyl (C=S) groups is 1. The minimum Gasteiger partial charge on any atom is -0.352 e. The van der Waals surface area contributed by atoms with Crippen molar-refractivity contribution >= 4 is 23.0 Å². The molecule has 8 heteroatoms. The van der Waals surface area contributed by atoms with Crippen LogP contribution in [0.3, 0.4) is 0 Å². The summed E-state index contributed by atoms with van der Waals surface area (Å²) < 4.78 is 2.07. The van der Waals surface area contributed by atoms with E-state index in [0.29, 0.717) is 0 Å². The molecule has 7 nitrogen and oxygen atoms in total. The Hall–Kier alpha value is -3.26. The molecule has 0 saturated carbocycles. The number of nitrogens with one attached hydrogen (secondary N) is 1. The standard InChI is InChI=1S/C22H23N5O2S/c1-2-3-14-26-21(20(24-22(26)30)18-7-4-5-13-23-18)19-8-6-15-25(19)16-9-11-17(12-10-16)27(28)29/h4-13,15,20-21H,2-3,14H2,1H3,(H,24,30)/t20-,21-/m1/s1. The number of nitro benzene ring substituents is 1. The number of unbranched alkanes of at least 4 members (excludes halogenated alkanes) is 1. The van der Waals surface area contributed by atoms with E-state index in [1.165, 1.54) is 12.1 Å². The minimum atomic E-state index is -0.386. The smallest absolute Gasteiger partial charge is 0.269 e. The second-order valence-corrected chi connectivity index (χ2v) is 7.64. The molecule has 0 radical (unpaired) electrons. The van der Waals surface area contributed by atoms with Crippen LogP contribution in [0.2, 0.25) is 0 Å². The Balaban J connectivity index is 1.76.